The van der Waals surface area contributed by atoms with Gasteiger partial charge in [-0.25, -0.2) is 0 Å². The van der Waals surface area contributed by atoms with Crippen LogP contribution < -0.4 is 0 Å². The van der Waals surface area contributed by atoms with Crippen molar-refractivity contribution in [1.82, 2.24) is 0 Å². The summed E-state index contributed by atoms with van der Waals surface area (Å²) in [7, 11) is -5.28. The highest BCUT2D eigenvalue weighted by Crippen LogP contribution is 2.56. The van der Waals surface area contributed by atoms with Gasteiger partial charge in [0.15, 0.2) is 0 Å². The van der Waals surface area contributed by atoms with Gasteiger partial charge in [-0.15, -0.1) is 0 Å². The highest BCUT2D eigenvalue weighted by Gasteiger charge is 2.43. The minimum atomic E-state index is -3.44. The van der Waals surface area contributed by atoms with Crippen molar-refractivity contribution in [2.75, 3.05) is 11.5 Å². The number of hydrogen-bond acceptors (Lipinski definition) is 3. The summed E-state index contributed by atoms with van der Waals surface area (Å²) in [4.78, 5) is 11.9. The maximum absolute atomic E-state index is 12.2. The van der Waals surface area contributed by atoms with E-state index >= 15 is 0 Å². The molecule has 0 rings (SSSR count). The molecule has 0 radical (unpaired) electrons. The highest BCUT2D eigenvalue weighted by atomic mass is 32.3. The summed E-state index contributed by atoms with van der Waals surface area (Å²) in [5, 5.41) is 0.184. The van der Waals surface area contributed by atoms with E-state index < -0.39 is 20.4 Å². The van der Waals surface area contributed by atoms with Gasteiger partial charge in [0.1, 0.15) is 11.5 Å². The molecule has 6 heteroatoms. The Hall–Kier alpha value is -0.0700. The second-order valence-electron chi connectivity index (χ2n) is 5.66. The van der Waals surface area contributed by atoms with Crippen molar-refractivity contribution >= 4 is 26.2 Å². The Morgan fingerprint density at radius 1 is 1.05 bits per heavy atom. The van der Waals surface area contributed by atoms with Crippen LogP contribution >= 0.6 is 10.3 Å². The maximum atomic E-state index is 12.2. The van der Waals surface area contributed by atoms with E-state index in [9.17, 15) is 13.2 Å². The first-order valence-electron chi connectivity index (χ1n) is 7.38. The zero-order chi connectivity index (χ0) is 16.0. The molecule has 0 spiro atoms. The van der Waals surface area contributed by atoms with Gasteiger partial charge in [-0.1, -0.05) is 20.3 Å². The number of unbranched alkanes of at least 4 members (excludes halogenated alkanes) is 1. The third-order valence-electron chi connectivity index (χ3n) is 3.43. The van der Waals surface area contributed by atoms with Crippen molar-refractivity contribution in [3.63, 3.8) is 0 Å². The molecule has 1 N–H and O–H groups in total. The quantitative estimate of drug-likeness (QED) is 0.454. The number of carbonyl (C=O) groups is 1. The zero-order valence-corrected chi connectivity index (χ0v) is 15.3. The maximum Gasteiger partial charge on any atom is 0.390 e. The third-order valence-corrected chi connectivity index (χ3v) is 10.3. The monoisotopic (exact) mass is 327 g/mol. The number of hydrogen-bond donors (Lipinski definition) is 0. The summed E-state index contributed by atoms with van der Waals surface area (Å²) in [6.45, 7) is 11.7. The fourth-order valence-electron chi connectivity index (χ4n) is 2.01. The summed E-state index contributed by atoms with van der Waals surface area (Å²) in [5.41, 5.74) is 0. The second-order valence-corrected chi connectivity index (χ2v) is 11.6. The lowest BCUT2D eigenvalue weighted by Gasteiger charge is -2.40. The Labute approximate surface area is 126 Å². The number of ketones is 1. The molecule has 0 saturated heterocycles. The molecular formula is C14H31O4S2+. The summed E-state index contributed by atoms with van der Waals surface area (Å²) >= 11 is 0. The molecule has 0 fully saturated rings. The topological polar surface area (TPSA) is 64.0 Å². The lowest BCUT2D eigenvalue weighted by atomic mass is 10.4. The molecule has 0 atom stereocenters. The Kier molecular flexibility index (Phi) is 8.36. The first-order chi connectivity index (χ1) is 9.11. The van der Waals surface area contributed by atoms with Crippen LogP contribution in [0.4, 0.5) is 0 Å². The summed E-state index contributed by atoms with van der Waals surface area (Å²) in [5.74, 6) is 0.499. The lowest BCUT2D eigenvalue weighted by Crippen LogP contribution is -2.35. The predicted octanol–water partition coefficient (Wildman–Crippen LogP) is 3.73. The van der Waals surface area contributed by atoms with Crippen LogP contribution in [0.3, 0.4) is 0 Å². The van der Waals surface area contributed by atoms with E-state index in [1.165, 1.54) is 0 Å². The van der Waals surface area contributed by atoms with Crippen molar-refractivity contribution in [2.24, 2.45) is 0 Å². The van der Waals surface area contributed by atoms with Crippen LogP contribution in [-0.4, -0.2) is 39.8 Å². The number of Topliss-reactive ketones (excluding diaryl/α,β-unsaturated/α-hetero) is 1. The SMILES string of the molecule is CCCCS(=O)(=O)[OH+]S(CC(=O)CC)(C(C)C)C(C)C. The van der Waals surface area contributed by atoms with Gasteiger partial charge in [-0.05, 0) is 44.4 Å². The molecule has 0 amide bonds. The standard InChI is InChI=1S/C14H30O4S2/c1-7-9-10-20(16,17)18-19(12(3)4,13(5)6)11-14(15)8-2/h12-13H,7-11H2,1-6H3/p+1. The Morgan fingerprint density at radius 2 is 1.55 bits per heavy atom. The van der Waals surface area contributed by atoms with Gasteiger partial charge < -0.3 is 0 Å². The fraction of sp³-hybridized carbons (Fsp3) is 0.929. The van der Waals surface area contributed by atoms with Crippen molar-refractivity contribution in [3.05, 3.63) is 0 Å². The average molecular weight is 328 g/mol. The van der Waals surface area contributed by atoms with Crippen LogP contribution in [0.15, 0.2) is 0 Å². The predicted molar refractivity (Wildman–Crippen MR) is 89.4 cm³/mol. The molecule has 0 aromatic heterocycles. The van der Waals surface area contributed by atoms with Gasteiger partial charge in [0.2, 0.25) is 0 Å². The molecule has 0 saturated carbocycles. The largest absolute Gasteiger partial charge is 0.390 e. The van der Waals surface area contributed by atoms with E-state index in [0.29, 0.717) is 18.6 Å². The number of carbonyl (C=O) groups excluding carboxylic acids is 1. The van der Waals surface area contributed by atoms with Gasteiger partial charge in [0.25, 0.3) is 0 Å². The third kappa shape index (κ3) is 5.74. The number of rotatable bonds is 10. The van der Waals surface area contributed by atoms with Crippen molar-refractivity contribution in [1.29, 1.82) is 0 Å². The Balaban J connectivity index is 5.36. The van der Waals surface area contributed by atoms with Crippen molar-refractivity contribution < 1.29 is 16.8 Å². The van der Waals surface area contributed by atoms with E-state index in [1.807, 2.05) is 41.5 Å². The highest BCUT2D eigenvalue weighted by molar-refractivity contribution is 8.33. The molecule has 20 heavy (non-hydrogen) atoms. The van der Waals surface area contributed by atoms with Crippen LogP contribution in [0.25, 0.3) is 0 Å². The van der Waals surface area contributed by atoms with Crippen LogP contribution in [0, 0.1) is 0 Å². The van der Waals surface area contributed by atoms with E-state index in [4.69, 9.17) is 0 Å². The van der Waals surface area contributed by atoms with Crippen LogP contribution in [0.1, 0.15) is 60.8 Å². The Bertz CT molecular complexity index is 391. The second kappa shape index (κ2) is 8.39. The van der Waals surface area contributed by atoms with Crippen LogP contribution in [0.2, 0.25) is 0 Å². The van der Waals surface area contributed by atoms with Crippen LogP contribution in [-0.2, 0) is 14.9 Å². The normalized spacial score (nSPS) is 14.0. The molecule has 0 bridgehead atoms. The summed E-state index contributed by atoms with van der Waals surface area (Å²) in [6, 6.07) is 0. The molecule has 122 valence electrons. The minimum absolute atomic E-state index is 0.0920. The van der Waals surface area contributed by atoms with E-state index in [0.717, 1.165) is 6.42 Å². The smallest absolute Gasteiger partial charge is 0.299 e. The first-order valence-corrected chi connectivity index (χ1v) is 10.9. The van der Waals surface area contributed by atoms with E-state index in [1.54, 1.807) is 0 Å². The molecular weight excluding hydrogens is 296 g/mol. The molecule has 0 aliphatic rings. The first kappa shape index (κ1) is 19.9. The molecule has 0 unspecified atom stereocenters. The van der Waals surface area contributed by atoms with Gasteiger partial charge >= 0.3 is 10.1 Å². The molecule has 4 nitrogen and oxygen atoms in total. The van der Waals surface area contributed by atoms with Gasteiger partial charge in [0.05, 0.1) is 5.75 Å². The summed E-state index contributed by atoms with van der Waals surface area (Å²) < 4.78 is 28.8. The minimum Gasteiger partial charge on any atom is -0.299 e. The molecule has 0 aliphatic heterocycles. The van der Waals surface area contributed by atoms with E-state index in [-0.39, 0.29) is 22.0 Å². The van der Waals surface area contributed by atoms with Crippen LogP contribution in [0.5, 0.6) is 0 Å². The summed E-state index contributed by atoms with van der Waals surface area (Å²) in [6.07, 6.45) is 1.90. The molecule has 0 heterocycles. The van der Waals surface area contributed by atoms with E-state index in [2.05, 4.69) is 3.63 Å². The van der Waals surface area contributed by atoms with Gasteiger partial charge in [-0.2, -0.15) is 8.42 Å². The molecule has 0 aromatic carbocycles. The van der Waals surface area contributed by atoms with Crippen molar-refractivity contribution in [3.8, 4) is 0 Å². The fourth-order valence-corrected chi connectivity index (χ4v) is 8.72. The molecule has 0 aromatic rings. The van der Waals surface area contributed by atoms with Crippen molar-refractivity contribution in [2.45, 2.75) is 71.3 Å². The average Bonchev–Trinajstić information content (AvgIpc) is 2.34. The molecule has 0 aliphatic carbocycles. The lowest BCUT2D eigenvalue weighted by molar-refractivity contribution is -0.116. The van der Waals surface area contributed by atoms with Gasteiger partial charge in [-0.3, -0.25) is 8.42 Å². The Morgan fingerprint density at radius 3 is 1.90 bits per heavy atom. The van der Waals surface area contributed by atoms with Gasteiger partial charge in [0, 0.05) is 16.9 Å². The zero-order valence-electron chi connectivity index (χ0n) is 13.7.